The molecule has 1 aromatic heterocycles. The minimum atomic E-state index is -0.238. The number of imidazole rings is 1. The summed E-state index contributed by atoms with van der Waals surface area (Å²) in [7, 11) is 0. The second kappa shape index (κ2) is 10.1. The van der Waals surface area contributed by atoms with Crippen molar-refractivity contribution in [3.8, 4) is 11.3 Å². The van der Waals surface area contributed by atoms with E-state index < -0.39 is 0 Å². The maximum absolute atomic E-state index is 13.1. The lowest BCUT2D eigenvalue weighted by molar-refractivity contribution is -0.127. The van der Waals surface area contributed by atoms with Gasteiger partial charge in [0.15, 0.2) is 0 Å². The van der Waals surface area contributed by atoms with E-state index in [-0.39, 0.29) is 17.9 Å². The molecule has 0 aliphatic heterocycles. The Hall–Kier alpha value is -2.63. The third kappa shape index (κ3) is 5.54. The molecule has 1 amide bonds. The normalized spacial score (nSPS) is 19.7. The van der Waals surface area contributed by atoms with Crippen molar-refractivity contribution in [1.82, 2.24) is 15.3 Å². The van der Waals surface area contributed by atoms with Gasteiger partial charge in [-0.05, 0) is 62.3 Å². The van der Waals surface area contributed by atoms with Gasteiger partial charge < -0.3 is 16.0 Å². The van der Waals surface area contributed by atoms with E-state index in [1.54, 1.807) is 0 Å². The molecule has 0 spiro atoms. The molecular weight excluding hydrogens is 408 g/mol. The molecule has 162 valence electrons. The Morgan fingerprint density at radius 2 is 1.81 bits per heavy atom. The summed E-state index contributed by atoms with van der Waals surface area (Å²) in [5, 5.41) is 3.97. The summed E-state index contributed by atoms with van der Waals surface area (Å²) in [6.45, 7) is 0.711. The van der Waals surface area contributed by atoms with Crippen molar-refractivity contribution in [3.63, 3.8) is 0 Å². The summed E-state index contributed by atoms with van der Waals surface area (Å²) >= 11 is 6.05. The Bertz CT molecular complexity index is 978. The fraction of sp³-hybridized carbons (Fsp3) is 0.360. The molecule has 1 heterocycles. The Labute approximate surface area is 188 Å². The molecule has 0 bridgehead atoms. The van der Waals surface area contributed by atoms with Crippen molar-refractivity contribution >= 4 is 17.5 Å². The molecule has 1 atom stereocenters. The molecule has 6 heteroatoms. The Morgan fingerprint density at radius 1 is 1.10 bits per heavy atom. The van der Waals surface area contributed by atoms with Crippen molar-refractivity contribution in [2.75, 3.05) is 6.54 Å². The van der Waals surface area contributed by atoms with Crippen LogP contribution in [0.5, 0.6) is 0 Å². The fourth-order valence-corrected chi connectivity index (χ4v) is 4.42. The number of halogens is 1. The first kappa shape index (κ1) is 21.6. The number of amides is 1. The summed E-state index contributed by atoms with van der Waals surface area (Å²) in [4.78, 5) is 21.2. The number of hydrogen-bond acceptors (Lipinski definition) is 3. The van der Waals surface area contributed by atoms with Crippen molar-refractivity contribution in [2.24, 2.45) is 17.6 Å². The maximum Gasteiger partial charge on any atom is 0.223 e. The summed E-state index contributed by atoms with van der Waals surface area (Å²) in [5.41, 5.74) is 8.82. The second-order valence-electron chi connectivity index (χ2n) is 8.38. The first-order valence-electron chi connectivity index (χ1n) is 11.0. The zero-order valence-electron chi connectivity index (χ0n) is 17.6. The lowest BCUT2D eigenvalue weighted by Gasteiger charge is -2.28. The molecule has 1 saturated carbocycles. The van der Waals surface area contributed by atoms with Crippen LogP contribution in [0.2, 0.25) is 5.02 Å². The van der Waals surface area contributed by atoms with Crippen LogP contribution in [0.15, 0.2) is 60.8 Å². The lowest BCUT2D eigenvalue weighted by atomic mass is 9.81. The van der Waals surface area contributed by atoms with Crippen molar-refractivity contribution in [1.29, 1.82) is 0 Å². The molecule has 1 aliphatic carbocycles. The number of aromatic nitrogens is 2. The SMILES string of the molecule is NCC1CCC(C(=O)NC(Cc2ccc(Cl)cc2)c2nc(-c3ccccc3)c[nH]2)CC1. The highest BCUT2D eigenvalue weighted by molar-refractivity contribution is 6.30. The highest BCUT2D eigenvalue weighted by Gasteiger charge is 2.28. The van der Waals surface area contributed by atoms with Crippen LogP contribution < -0.4 is 11.1 Å². The van der Waals surface area contributed by atoms with Gasteiger partial charge in [-0.15, -0.1) is 0 Å². The number of aromatic amines is 1. The predicted molar refractivity (Wildman–Crippen MR) is 125 cm³/mol. The maximum atomic E-state index is 13.1. The topological polar surface area (TPSA) is 83.8 Å². The van der Waals surface area contributed by atoms with Crippen LogP contribution in [0.1, 0.15) is 43.1 Å². The van der Waals surface area contributed by atoms with Crippen molar-refractivity contribution in [3.05, 3.63) is 77.2 Å². The molecule has 2 aromatic carbocycles. The van der Waals surface area contributed by atoms with Gasteiger partial charge in [-0.2, -0.15) is 0 Å². The van der Waals surface area contributed by atoms with Gasteiger partial charge >= 0.3 is 0 Å². The third-order valence-electron chi connectivity index (χ3n) is 6.22. The molecule has 0 saturated heterocycles. The Balaban J connectivity index is 1.52. The number of benzene rings is 2. The molecule has 1 aliphatic rings. The molecule has 1 unspecified atom stereocenters. The van der Waals surface area contributed by atoms with Crippen LogP contribution in [0.25, 0.3) is 11.3 Å². The predicted octanol–water partition coefficient (Wildman–Crippen LogP) is 4.90. The summed E-state index contributed by atoms with van der Waals surface area (Å²) in [5.74, 6) is 1.45. The summed E-state index contributed by atoms with van der Waals surface area (Å²) in [6, 6.07) is 17.5. The van der Waals surface area contributed by atoms with Gasteiger partial charge in [-0.1, -0.05) is 54.1 Å². The van der Waals surface area contributed by atoms with Gasteiger partial charge in [0.2, 0.25) is 5.91 Å². The number of nitrogens with zero attached hydrogens (tertiary/aromatic N) is 1. The Morgan fingerprint density at radius 3 is 2.48 bits per heavy atom. The van der Waals surface area contributed by atoms with E-state index in [9.17, 15) is 4.79 Å². The standard InChI is InChI=1S/C25H29ClN4O/c26-21-12-8-17(9-13-21)14-22(30-25(31)20-10-6-18(15-27)7-11-20)24-28-16-23(29-24)19-4-2-1-3-5-19/h1-5,8-9,12-13,16,18,20,22H,6-7,10-11,14-15,27H2,(H,28,29)(H,30,31). The van der Waals surface area contributed by atoms with Crippen molar-refractivity contribution in [2.45, 2.75) is 38.1 Å². The zero-order valence-corrected chi connectivity index (χ0v) is 18.3. The van der Waals surface area contributed by atoms with Gasteiger partial charge in [-0.3, -0.25) is 4.79 Å². The molecule has 3 aromatic rings. The van der Waals surface area contributed by atoms with Gasteiger partial charge in [0.25, 0.3) is 0 Å². The largest absolute Gasteiger partial charge is 0.346 e. The van der Waals surface area contributed by atoms with Crippen LogP contribution in [0.3, 0.4) is 0 Å². The quantitative estimate of drug-likeness (QED) is 0.492. The van der Waals surface area contributed by atoms with E-state index in [4.69, 9.17) is 22.3 Å². The number of hydrogen-bond donors (Lipinski definition) is 3. The number of H-pyrrole nitrogens is 1. The molecule has 4 rings (SSSR count). The van der Waals surface area contributed by atoms with E-state index >= 15 is 0 Å². The Kier molecular flexibility index (Phi) is 7.05. The average molecular weight is 437 g/mol. The van der Waals surface area contributed by atoms with E-state index in [0.717, 1.165) is 48.3 Å². The summed E-state index contributed by atoms with van der Waals surface area (Å²) < 4.78 is 0. The number of rotatable bonds is 7. The lowest BCUT2D eigenvalue weighted by Crippen LogP contribution is -2.37. The number of nitrogens with one attached hydrogen (secondary N) is 2. The molecule has 5 nitrogen and oxygen atoms in total. The minimum Gasteiger partial charge on any atom is -0.346 e. The number of carbonyl (C=O) groups is 1. The molecular formula is C25H29ClN4O. The average Bonchev–Trinajstić information content (AvgIpc) is 3.31. The highest BCUT2D eigenvalue weighted by Crippen LogP contribution is 2.29. The van der Waals surface area contributed by atoms with Crippen molar-refractivity contribution < 1.29 is 4.79 Å². The van der Waals surface area contributed by atoms with Gasteiger partial charge in [0.1, 0.15) is 5.82 Å². The fourth-order valence-electron chi connectivity index (χ4n) is 4.29. The summed E-state index contributed by atoms with van der Waals surface area (Å²) in [6.07, 6.45) is 6.38. The monoisotopic (exact) mass is 436 g/mol. The smallest absolute Gasteiger partial charge is 0.223 e. The molecule has 31 heavy (non-hydrogen) atoms. The van der Waals surface area contributed by atoms with Crippen LogP contribution in [-0.2, 0) is 11.2 Å². The van der Waals surface area contributed by atoms with E-state index in [1.807, 2.05) is 60.8 Å². The molecule has 0 radical (unpaired) electrons. The van der Waals surface area contributed by atoms with Gasteiger partial charge in [0, 0.05) is 22.7 Å². The zero-order chi connectivity index (χ0) is 21.6. The van der Waals surface area contributed by atoms with E-state index in [2.05, 4.69) is 10.3 Å². The van der Waals surface area contributed by atoms with Crippen LogP contribution in [0, 0.1) is 11.8 Å². The van der Waals surface area contributed by atoms with Gasteiger partial charge in [-0.25, -0.2) is 4.98 Å². The van der Waals surface area contributed by atoms with Crippen LogP contribution in [-0.4, -0.2) is 22.4 Å². The van der Waals surface area contributed by atoms with E-state index in [0.29, 0.717) is 23.9 Å². The minimum absolute atomic E-state index is 0.0408. The number of nitrogens with two attached hydrogens (primary N) is 1. The van der Waals surface area contributed by atoms with Crippen LogP contribution >= 0.6 is 11.6 Å². The number of carbonyl (C=O) groups excluding carboxylic acids is 1. The molecule has 4 N–H and O–H groups in total. The molecule has 1 fully saturated rings. The van der Waals surface area contributed by atoms with E-state index in [1.165, 1.54) is 0 Å². The van der Waals surface area contributed by atoms with Crippen LogP contribution in [0.4, 0.5) is 0 Å². The highest BCUT2D eigenvalue weighted by atomic mass is 35.5. The van der Waals surface area contributed by atoms with Gasteiger partial charge in [0.05, 0.1) is 11.7 Å². The third-order valence-corrected chi connectivity index (χ3v) is 6.47. The first-order chi connectivity index (χ1) is 15.1. The first-order valence-corrected chi connectivity index (χ1v) is 11.4. The second-order valence-corrected chi connectivity index (χ2v) is 8.82.